The summed E-state index contributed by atoms with van der Waals surface area (Å²) in [5.41, 5.74) is 0. The van der Waals surface area contributed by atoms with E-state index in [1.54, 1.807) is 0 Å². The molecule has 0 heterocycles. The van der Waals surface area contributed by atoms with Crippen molar-refractivity contribution in [3.05, 3.63) is 58.1 Å². The minimum atomic E-state index is -1.39. The lowest BCUT2D eigenvalue weighted by atomic mass is 10.2. The van der Waals surface area contributed by atoms with E-state index in [1.807, 2.05) is 0 Å². The number of hydrogen-bond acceptors (Lipinski definition) is 6. The van der Waals surface area contributed by atoms with Crippen molar-refractivity contribution in [2.75, 3.05) is 26.3 Å². The third-order valence-corrected chi connectivity index (χ3v) is 4.60. The summed E-state index contributed by atoms with van der Waals surface area (Å²) in [6.07, 6.45) is -2.78. The van der Waals surface area contributed by atoms with Crippen LogP contribution in [0.4, 0.5) is 8.78 Å². The van der Waals surface area contributed by atoms with Crippen LogP contribution in [0.1, 0.15) is 0 Å². The molecule has 0 fully saturated rings. The second-order valence-corrected chi connectivity index (χ2v) is 7.29. The van der Waals surface area contributed by atoms with Crippen molar-refractivity contribution in [1.29, 1.82) is 0 Å². The molecule has 0 radical (unpaired) electrons. The summed E-state index contributed by atoms with van der Waals surface area (Å²) in [5, 5.41) is 24.3. The van der Waals surface area contributed by atoms with Gasteiger partial charge in [0.25, 0.3) is 11.8 Å². The molecule has 2 atom stereocenters. The maximum atomic E-state index is 13.3. The van der Waals surface area contributed by atoms with E-state index in [1.165, 1.54) is 24.3 Å². The average Bonchev–Trinajstić information content (AvgIpc) is 2.77. The molecular formula is C20H20Cl2F2N2O6. The highest BCUT2D eigenvalue weighted by Gasteiger charge is 2.18. The monoisotopic (exact) mass is 492 g/mol. The van der Waals surface area contributed by atoms with Crippen molar-refractivity contribution in [2.24, 2.45) is 0 Å². The zero-order valence-corrected chi connectivity index (χ0v) is 18.0. The molecule has 2 amide bonds. The van der Waals surface area contributed by atoms with Gasteiger partial charge in [0.05, 0.1) is 22.3 Å². The maximum absolute atomic E-state index is 13.3. The van der Waals surface area contributed by atoms with Crippen LogP contribution in [0.15, 0.2) is 36.4 Å². The van der Waals surface area contributed by atoms with Crippen molar-refractivity contribution in [3.8, 4) is 11.5 Å². The third-order valence-electron chi connectivity index (χ3n) is 3.98. The molecule has 2 unspecified atom stereocenters. The van der Waals surface area contributed by atoms with E-state index in [0.717, 1.165) is 12.1 Å². The smallest absolute Gasteiger partial charge is 0.258 e. The topological polar surface area (TPSA) is 117 Å². The lowest BCUT2D eigenvalue weighted by Gasteiger charge is -2.19. The first-order chi connectivity index (χ1) is 15.2. The molecule has 0 aliphatic rings. The Hall–Kier alpha value is -2.66. The Morgan fingerprint density at radius 2 is 1.19 bits per heavy atom. The number of amides is 2. The van der Waals surface area contributed by atoms with Crippen LogP contribution < -0.4 is 20.1 Å². The van der Waals surface area contributed by atoms with E-state index < -0.39 is 48.9 Å². The van der Waals surface area contributed by atoms with Crippen LogP contribution in [-0.2, 0) is 9.59 Å². The van der Waals surface area contributed by atoms with Crippen molar-refractivity contribution in [2.45, 2.75) is 12.2 Å². The Labute approximate surface area is 192 Å². The van der Waals surface area contributed by atoms with Gasteiger partial charge < -0.3 is 30.3 Å². The van der Waals surface area contributed by atoms with Crippen LogP contribution in [0.3, 0.4) is 0 Å². The molecule has 8 nitrogen and oxygen atoms in total. The number of rotatable bonds is 11. The molecule has 0 spiro atoms. The van der Waals surface area contributed by atoms with Gasteiger partial charge in [-0.05, 0) is 24.3 Å². The largest absolute Gasteiger partial charge is 0.484 e. The highest BCUT2D eigenvalue weighted by atomic mass is 35.5. The molecule has 2 rings (SSSR count). The van der Waals surface area contributed by atoms with E-state index in [4.69, 9.17) is 32.7 Å². The Bertz CT molecular complexity index is 875. The zero-order chi connectivity index (χ0) is 23.7. The lowest BCUT2D eigenvalue weighted by molar-refractivity contribution is -0.125. The van der Waals surface area contributed by atoms with Crippen LogP contribution in [-0.4, -0.2) is 60.5 Å². The van der Waals surface area contributed by atoms with Gasteiger partial charge in [-0.25, -0.2) is 8.78 Å². The summed E-state index contributed by atoms with van der Waals surface area (Å²) in [4.78, 5) is 23.5. The highest BCUT2D eigenvalue weighted by Crippen LogP contribution is 2.21. The van der Waals surface area contributed by atoms with E-state index in [9.17, 15) is 28.6 Å². The molecule has 32 heavy (non-hydrogen) atoms. The first-order valence-corrected chi connectivity index (χ1v) is 9.96. The van der Waals surface area contributed by atoms with E-state index in [0.29, 0.717) is 0 Å². The molecule has 0 bridgehead atoms. The molecule has 0 saturated heterocycles. The molecule has 4 N–H and O–H groups in total. The van der Waals surface area contributed by atoms with Gasteiger partial charge in [0.1, 0.15) is 23.1 Å². The molecular weight excluding hydrogens is 473 g/mol. The summed E-state index contributed by atoms with van der Waals surface area (Å²) in [6, 6.07) is 7.35. The van der Waals surface area contributed by atoms with Crippen LogP contribution in [0.2, 0.25) is 10.0 Å². The van der Waals surface area contributed by atoms with Crippen LogP contribution >= 0.6 is 23.2 Å². The van der Waals surface area contributed by atoms with Gasteiger partial charge in [-0.3, -0.25) is 9.59 Å². The molecule has 2 aromatic rings. The number of ether oxygens (including phenoxy) is 2. The second-order valence-electron chi connectivity index (χ2n) is 6.47. The maximum Gasteiger partial charge on any atom is 0.258 e. The van der Waals surface area contributed by atoms with E-state index in [-0.39, 0.29) is 34.6 Å². The quantitative estimate of drug-likeness (QED) is 0.379. The van der Waals surface area contributed by atoms with Gasteiger partial charge in [0.2, 0.25) is 0 Å². The van der Waals surface area contributed by atoms with E-state index in [2.05, 4.69) is 10.6 Å². The first-order valence-electron chi connectivity index (χ1n) is 9.21. The Morgan fingerprint density at radius 1 is 0.812 bits per heavy atom. The minimum absolute atomic E-state index is 0.0866. The zero-order valence-electron chi connectivity index (χ0n) is 16.5. The summed E-state index contributed by atoms with van der Waals surface area (Å²) in [6.45, 7) is -1.56. The molecule has 0 saturated carbocycles. The summed E-state index contributed by atoms with van der Waals surface area (Å²) < 4.78 is 36.8. The summed E-state index contributed by atoms with van der Waals surface area (Å²) in [7, 11) is 0. The molecule has 0 aliphatic carbocycles. The van der Waals surface area contributed by atoms with Gasteiger partial charge in [-0.15, -0.1) is 0 Å². The Morgan fingerprint density at radius 3 is 1.53 bits per heavy atom. The molecule has 2 aromatic carbocycles. The molecule has 0 aromatic heterocycles. The highest BCUT2D eigenvalue weighted by molar-refractivity contribution is 6.31. The van der Waals surface area contributed by atoms with Gasteiger partial charge in [0.15, 0.2) is 13.2 Å². The van der Waals surface area contributed by atoms with Crippen molar-refractivity contribution in [1.82, 2.24) is 10.6 Å². The van der Waals surface area contributed by atoms with Crippen molar-refractivity contribution in [3.63, 3.8) is 0 Å². The SMILES string of the molecule is O=C(COc1ccc(Cl)c(F)c1)NCC(O)C(O)CNC(=O)COc1ccc(Cl)c(F)c1. The van der Waals surface area contributed by atoms with Crippen LogP contribution in [0.25, 0.3) is 0 Å². The van der Waals surface area contributed by atoms with Gasteiger partial charge >= 0.3 is 0 Å². The lowest BCUT2D eigenvalue weighted by Crippen LogP contribution is -2.46. The van der Waals surface area contributed by atoms with Crippen molar-refractivity contribution >= 4 is 35.0 Å². The van der Waals surface area contributed by atoms with Crippen molar-refractivity contribution < 1.29 is 38.1 Å². The van der Waals surface area contributed by atoms with Gasteiger partial charge in [-0.2, -0.15) is 0 Å². The first kappa shape index (κ1) is 25.6. The fourth-order valence-electron chi connectivity index (χ4n) is 2.24. The fraction of sp³-hybridized carbons (Fsp3) is 0.300. The Kier molecular flexibility index (Phi) is 9.92. The summed E-state index contributed by atoms with van der Waals surface area (Å²) >= 11 is 11.1. The number of carbonyl (C=O) groups excluding carboxylic acids is 2. The number of benzene rings is 2. The number of nitrogens with one attached hydrogen (secondary N) is 2. The standard InChI is InChI=1S/C20H20Cl2F2N2O6/c21-13-3-1-11(5-15(13)23)31-9-19(29)25-7-17(27)18(28)8-26-20(30)10-32-12-2-4-14(22)16(24)6-12/h1-6,17-18,27-28H,7-10H2,(H,25,29)(H,26,30). The number of halogens is 4. The van der Waals surface area contributed by atoms with Crippen LogP contribution in [0.5, 0.6) is 11.5 Å². The Balaban J connectivity index is 1.64. The number of aliphatic hydroxyl groups is 2. The van der Waals surface area contributed by atoms with Crippen LogP contribution in [0, 0.1) is 11.6 Å². The summed E-state index contributed by atoms with van der Waals surface area (Å²) in [5.74, 6) is -2.46. The minimum Gasteiger partial charge on any atom is -0.484 e. The number of aliphatic hydroxyl groups excluding tert-OH is 2. The predicted molar refractivity (Wildman–Crippen MR) is 112 cm³/mol. The molecule has 12 heteroatoms. The molecule has 174 valence electrons. The predicted octanol–water partition coefficient (Wildman–Crippen LogP) is 1.68. The second kappa shape index (κ2) is 12.4. The average molecular weight is 493 g/mol. The molecule has 0 aliphatic heterocycles. The normalized spacial score (nSPS) is 12.6. The number of carbonyl (C=O) groups is 2. The van der Waals surface area contributed by atoms with E-state index >= 15 is 0 Å². The fourth-order valence-corrected chi connectivity index (χ4v) is 2.48. The number of hydrogen-bond donors (Lipinski definition) is 4. The van der Waals surface area contributed by atoms with Gasteiger partial charge in [-0.1, -0.05) is 23.2 Å². The van der Waals surface area contributed by atoms with Gasteiger partial charge in [0, 0.05) is 25.2 Å². The third kappa shape index (κ3) is 8.46.